The number of anilines is 2. The molecule has 1 atom stereocenters. The number of rotatable bonds is 3. The highest BCUT2D eigenvalue weighted by molar-refractivity contribution is 6.33. The van der Waals surface area contributed by atoms with E-state index in [2.05, 4.69) is 21.9 Å². The van der Waals surface area contributed by atoms with Crippen molar-refractivity contribution in [3.05, 3.63) is 59.1 Å². The number of carbonyl (C=O) groups excluding carboxylic acids is 1. The molecule has 6 nitrogen and oxygen atoms in total. The van der Waals surface area contributed by atoms with E-state index in [1.165, 1.54) is 0 Å². The molecule has 0 bridgehead atoms. The Labute approximate surface area is 176 Å². The molecule has 2 amide bonds. The van der Waals surface area contributed by atoms with Gasteiger partial charge in [-0.15, -0.1) is 0 Å². The van der Waals surface area contributed by atoms with Gasteiger partial charge in [0.1, 0.15) is 5.84 Å². The van der Waals surface area contributed by atoms with Crippen molar-refractivity contribution >= 4 is 34.8 Å². The van der Waals surface area contributed by atoms with Gasteiger partial charge >= 0.3 is 6.03 Å². The van der Waals surface area contributed by atoms with Gasteiger partial charge in [0.15, 0.2) is 0 Å². The van der Waals surface area contributed by atoms with Crippen LogP contribution in [0, 0.1) is 0 Å². The molecule has 3 aliphatic rings. The first kappa shape index (κ1) is 18.5. The Morgan fingerprint density at radius 1 is 1.00 bits per heavy atom. The number of fused-ring (bicyclic) bond motifs is 3. The first-order valence-electron chi connectivity index (χ1n) is 10.1. The molecule has 0 saturated carbocycles. The van der Waals surface area contributed by atoms with Crippen LogP contribution in [0.3, 0.4) is 0 Å². The molecule has 0 N–H and O–H groups in total. The van der Waals surface area contributed by atoms with E-state index in [1.54, 1.807) is 4.90 Å². The number of amidine groups is 1. The molecule has 1 fully saturated rings. The minimum atomic E-state index is 0.00786. The topological polar surface area (TPSA) is 42.4 Å². The lowest BCUT2D eigenvalue weighted by Crippen LogP contribution is -2.50. The van der Waals surface area contributed by atoms with Crippen LogP contribution in [0.15, 0.2) is 53.5 Å². The summed E-state index contributed by atoms with van der Waals surface area (Å²) in [6.07, 6.45) is 0. The molecule has 0 radical (unpaired) electrons. The van der Waals surface area contributed by atoms with Crippen LogP contribution in [-0.2, 0) is 0 Å². The molecule has 3 aliphatic heterocycles. The zero-order valence-corrected chi connectivity index (χ0v) is 17.2. The number of amides is 2. The summed E-state index contributed by atoms with van der Waals surface area (Å²) >= 11 is 6.35. The molecular weight excluding hydrogens is 386 g/mol. The normalized spacial score (nSPS) is 21.9. The number of hydrogen-bond donors (Lipinski definition) is 0. The van der Waals surface area contributed by atoms with E-state index in [9.17, 15) is 4.79 Å². The molecule has 150 valence electrons. The Morgan fingerprint density at radius 3 is 2.45 bits per heavy atom. The lowest BCUT2D eigenvalue weighted by Gasteiger charge is -2.37. The van der Waals surface area contributed by atoms with Crippen LogP contribution >= 0.6 is 11.6 Å². The maximum atomic E-state index is 12.8. The fourth-order valence-electron chi connectivity index (χ4n) is 4.48. The number of carbonyl (C=O) groups is 1. The predicted octanol–water partition coefficient (Wildman–Crippen LogP) is 3.16. The third kappa shape index (κ3) is 3.26. The summed E-state index contributed by atoms with van der Waals surface area (Å²) in [6, 6.07) is 16.1. The first-order valence-corrected chi connectivity index (χ1v) is 10.4. The maximum absolute atomic E-state index is 12.8. The van der Waals surface area contributed by atoms with Gasteiger partial charge in [0.2, 0.25) is 0 Å². The molecule has 3 heterocycles. The number of hydrogen-bond acceptors (Lipinski definition) is 4. The van der Waals surface area contributed by atoms with E-state index in [4.69, 9.17) is 16.6 Å². The van der Waals surface area contributed by atoms with Crippen LogP contribution in [0.25, 0.3) is 0 Å². The number of piperazine rings is 1. The van der Waals surface area contributed by atoms with E-state index in [1.807, 2.05) is 48.3 Å². The molecule has 0 spiro atoms. The summed E-state index contributed by atoms with van der Waals surface area (Å²) in [7, 11) is 1.83. The lowest BCUT2D eigenvalue weighted by molar-refractivity contribution is 0.219. The van der Waals surface area contributed by atoms with E-state index in [0.29, 0.717) is 6.54 Å². The van der Waals surface area contributed by atoms with Crippen LogP contribution < -0.4 is 9.80 Å². The lowest BCUT2D eigenvalue weighted by atomic mass is 10.1. The van der Waals surface area contributed by atoms with Crippen molar-refractivity contribution in [1.29, 1.82) is 0 Å². The Hall–Kier alpha value is -2.57. The fourth-order valence-corrected chi connectivity index (χ4v) is 4.74. The molecular formula is C22H24ClN5O. The summed E-state index contributed by atoms with van der Waals surface area (Å²) in [5.74, 6) is 0.823. The third-order valence-electron chi connectivity index (χ3n) is 6.01. The predicted molar refractivity (Wildman–Crippen MR) is 117 cm³/mol. The van der Waals surface area contributed by atoms with Crippen LogP contribution in [-0.4, -0.2) is 74.0 Å². The van der Waals surface area contributed by atoms with Gasteiger partial charge in [-0.25, -0.2) is 4.79 Å². The Kier molecular flexibility index (Phi) is 4.68. The number of aliphatic imine (C=N–C) groups is 1. The van der Waals surface area contributed by atoms with Crippen molar-refractivity contribution in [3.8, 4) is 0 Å². The number of para-hydroxylation sites is 2. The van der Waals surface area contributed by atoms with Gasteiger partial charge in [0, 0.05) is 45.3 Å². The number of benzene rings is 2. The van der Waals surface area contributed by atoms with Crippen molar-refractivity contribution in [1.82, 2.24) is 9.80 Å². The van der Waals surface area contributed by atoms with E-state index in [0.717, 1.165) is 60.5 Å². The molecule has 1 unspecified atom stereocenters. The second-order valence-corrected chi connectivity index (χ2v) is 8.22. The summed E-state index contributed by atoms with van der Waals surface area (Å²) in [5.41, 5.74) is 3.08. The molecule has 1 saturated heterocycles. The van der Waals surface area contributed by atoms with Crippen molar-refractivity contribution in [2.24, 2.45) is 4.99 Å². The van der Waals surface area contributed by atoms with E-state index >= 15 is 0 Å². The largest absolute Gasteiger partial charge is 0.368 e. The number of halogens is 1. The average Bonchev–Trinajstić information content (AvgIpc) is 3.17. The number of urea groups is 1. The highest BCUT2D eigenvalue weighted by atomic mass is 35.5. The van der Waals surface area contributed by atoms with Gasteiger partial charge in [-0.2, -0.15) is 0 Å². The van der Waals surface area contributed by atoms with Crippen LogP contribution in [0.4, 0.5) is 16.2 Å². The van der Waals surface area contributed by atoms with Crippen LogP contribution in [0.2, 0.25) is 5.02 Å². The third-order valence-corrected chi connectivity index (χ3v) is 6.33. The van der Waals surface area contributed by atoms with E-state index < -0.39 is 0 Å². The van der Waals surface area contributed by atoms with Gasteiger partial charge in [0.05, 0.1) is 29.0 Å². The highest BCUT2D eigenvalue weighted by Gasteiger charge is 2.39. The second kappa shape index (κ2) is 7.35. The van der Waals surface area contributed by atoms with Crippen LogP contribution in [0.5, 0.6) is 0 Å². The number of nitrogens with zero attached hydrogens (tertiary/aromatic N) is 5. The molecule has 0 aliphatic carbocycles. The molecule has 2 aromatic rings. The molecule has 5 rings (SSSR count). The summed E-state index contributed by atoms with van der Waals surface area (Å²) in [5, 5.41) is 0.807. The molecule has 7 heteroatoms. The van der Waals surface area contributed by atoms with Crippen molar-refractivity contribution in [3.63, 3.8) is 0 Å². The minimum absolute atomic E-state index is 0.00786. The minimum Gasteiger partial charge on any atom is -0.368 e. The average molecular weight is 410 g/mol. The summed E-state index contributed by atoms with van der Waals surface area (Å²) < 4.78 is 0. The summed E-state index contributed by atoms with van der Waals surface area (Å²) in [4.78, 5) is 26.1. The molecule has 0 aromatic heterocycles. The monoisotopic (exact) mass is 409 g/mol. The van der Waals surface area contributed by atoms with Crippen molar-refractivity contribution in [2.75, 3.05) is 56.1 Å². The van der Waals surface area contributed by atoms with Gasteiger partial charge in [-0.05, 0) is 24.3 Å². The molecule has 29 heavy (non-hydrogen) atoms. The zero-order valence-electron chi connectivity index (χ0n) is 16.5. The van der Waals surface area contributed by atoms with Gasteiger partial charge in [0.25, 0.3) is 0 Å². The maximum Gasteiger partial charge on any atom is 0.329 e. The van der Waals surface area contributed by atoms with E-state index in [-0.39, 0.29) is 12.1 Å². The van der Waals surface area contributed by atoms with Crippen molar-refractivity contribution < 1.29 is 4.79 Å². The molecule has 2 aromatic carbocycles. The quantitative estimate of drug-likeness (QED) is 0.782. The fraction of sp³-hybridized carbons (Fsp3) is 0.364. The van der Waals surface area contributed by atoms with Gasteiger partial charge in [-0.3, -0.25) is 19.7 Å². The van der Waals surface area contributed by atoms with Crippen LogP contribution in [0.1, 0.15) is 5.56 Å². The SMILES string of the molecule is CN1C(=O)N2CC(CN3CCN(c4ccccc4Cl)CC3)N=C2c2ccccc21. The van der Waals surface area contributed by atoms with Crippen molar-refractivity contribution in [2.45, 2.75) is 6.04 Å². The Morgan fingerprint density at radius 2 is 1.69 bits per heavy atom. The Balaban J connectivity index is 1.26. The first-order chi connectivity index (χ1) is 14.1. The van der Waals surface area contributed by atoms with Gasteiger partial charge < -0.3 is 4.90 Å². The second-order valence-electron chi connectivity index (χ2n) is 7.81. The summed E-state index contributed by atoms with van der Waals surface area (Å²) in [6.45, 7) is 5.35. The highest BCUT2D eigenvalue weighted by Crippen LogP contribution is 2.31. The van der Waals surface area contributed by atoms with Gasteiger partial charge in [-0.1, -0.05) is 35.9 Å². The standard InChI is InChI=1S/C22H24ClN5O/c1-25-19-8-4-2-6-17(19)21-24-16(15-28(21)22(25)29)14-26-10-12-27(13-11-26)20-9-5-3-7-18(20)23/h2-9,16H,10-15H2,1H3. The Bertz CT molecular complexity index is 969. The zero-order chi connectivity index (χ0) is 20.0. The smallest absolute Gasteiger partial charge is 0.329 e.